The van der Waals surface area contributed by atoms with Gasteiger partial charge >= 0.3 is 0 Å². The largest absolute Gasteiger partial charge is 0.297 e. The topological polar surface area (TPSA) is 84.3 Å². The molecule has 2 saturated heterocycles. The monoisotopic (exact) mass is 540 g/mol. The summed E-state index contributed by atoms with van der Waals surface area (Å²) in [6, 6.07) is 28.3. The van der Waals surface area contributed by atoms with E-state index in [1.807, 2.05) is 84.9 Å². The van der Waals surface area contributed by atoms with Crippen LogP contribution in [0.25, 0.3) is 27.4 Å². The van der Waals surface area contributed by atoms with Gasteiger partial charge in [-0.25, -0.2) is 9.88 Å². The number of amides is 2. The molecule has 41 heavy (non-hydrogen) atoms. The fourth-order valence-corrected chi connectivity index (χ4v) is 7.57. The van der Waals surface area contributed by atoms with Crippen LogP contribution < -0.4 is 15.8 Å². The molecule has 7 heteroatoms. The van der Waals surface area contributed by atoms with Crippen LogP contribution in [0, 0.1) is 17.8 Å². The van der Waals surface area contributed by atoms with Gasteiger partial charge < -0.3 is 0 Å². The van der Waals surface area contributed by atoms with Gasteiger partial charge in [0.1, 0.15) is 11.4 Å². The van der Waals surface area contributed by atoms with Gasteiger partial charge in [-0.05, 0) is 42.0 Å². The summed E-state index contributed by atoms with van der Waals surface area (Å²) in [5.41, 5.74) is 1.37. The van der Waals surface area contributed by atoms with Crippen LogP contribution in [0.4, 0.5) is 5.69 Å². The molecular weight excluding hydrogens is 512 g/mol. The Morgan fingerprint density at radius 2 is 1.49 bits per heavy atom. The zero-order valence-corrected chi connectivity index (χ0v) is 22.7. The minimum atomic E-state index is -1.13. The van der Waals surface area contributed by atoms with Crippen molar-refractivity contribution in [3.8, 4) is 5.69 Å². The van der Waals surface area contributed by atoms with Gasteiger partial charge in [-0.3, -0.25) is 24.3 Å². The molecule has 1 spiro atoms. The highest BCUT2D eigenvalue weighted by molar-refractivity contribution is 6.26. The zero-order chi connectivity index (χ0) is 28.0. The maximum absolute atomic E-state index is 14.8. The Labute approximate surface area is 236 Å². The van der Waals surface area contributed by atoms with Crippen molar-refractivity contribution in [2.24, 2.45) is 17.8 Å². The van der Waals surface area contributed by atoms with Gasteiger partial charge in [-0.2, -0.15) is 0 Å². The fourth-order valence-electron chi connectivity index (χ4n) is 7.57. The molecule has 3 aliphatic rings. The molecule has 3 aliphatic heterocycles. The average molecular weight is 541 g/mol. The van der Waals surface area contributed by atoms with Gasteiger partial charge in [0, 0.05) is 17.0 Å². The third-order valence-corrected chi connectivity index (χ3v) is 9.10. The van der Waals surface area contributed by atoms with E-state index in [2.05, 4.69) is 19.2 Å². The lowest BCUT2D eigenvalue weighted by molar-refractivity contribution is -0.123. The smallest absolute Gasteiger partial charge is 0.266 e. The van der Waals surface area contributed by atoms with Crippen LogP contribution in [0.3, 0.4) is 0 Å². The molecule has 5 aromatic rings. The van der Waals surface area contributed by atoms with E-state index in [0.29, 0.717) is 34.5 Å². The quantitative estimate of drug-likeness (QED) is 0.329. The first-order chi connectivity index (χ1) is 19.9. The summed E-state index contributed by atoms with van der Waals surface area (Å²) in [6.07, 6.45) is 0.700. The Morgan fingerprint density at radius 1 is 0.805 bits per heavy atom. The molecule has 4 heterocycles. The van der Waals surface area contributed by atoms with Gasteiger partial charge in [0.05, 0.1) is 34.1 Å². The summed E-state index contributed by atoms with van der Waals surface area (Å²) in [6.45, 7) is 4.25. The second kappa shape index (κ2) is 8.44. The number of hydrogen-bond donors (Lipinski definition) is 1. The molecule has 4 aromatic carbocycles. The molecule has 202 valence electrons. The molecule has 8 rings (SSSR count). The van der Waals surface area contributed by atoms with Crippen molar-refractivity contribution >= 4 is 39.2 Å². The number of imide groups is 1. The Balaban J connectivity index is 1.41. The van der Waals surface area contributed by atoms with Crippen molar-refractivity contribution in [3.63, 3.8) is 0 Å². The highest BCUT2D eigenvalue weighted by Crippen LogP contribution is 2.56. The van der Waals surface area contributed by atoms with Crippen molar-refractivity contribution in [1.29, 1.82) is 0 Å². The number of carbonyl (C=O) groups excluding carboxylic acids is 2. The highest BCUT2D eigenvalue weighted by Gasteiger charge is 2.69. The highest BCUT2D eigenvalue weighted by atomic mass is 16.2. The maximum Gasteiger partial charge on any atom is 0.266 e. The number of para-hydroxylation sites is 2. The number of benzene rings is 4. The van der Waals surface area contributed by atoms with Gasteiger partial charge in [0.2, 0.25) is 11.8 Å². The first-order valence-electron chi connectivity index (χ1n) is 14.2. The Morgan fingerprint density at radius 3 is 2.32 bits per heavy atom. The molecule has 0 aliphatic carbocycles. The summed E-state index contributed by atoms with van der Waals surface area (Å²) in [7, 11) is 0. The fraction of sp³-hybridized carbons (Fsp3) is 0.235. The van der Waals surface area contributed by atoms with E-state index in [1.54, 1.807) is 10.6 Å². The van der Waals surface area contributed by atoms with Crippen molar-refractivity contribution in [2.45, 2.75) is 31.8 Å². The molecule has 2 fully saturated rings. The van der Waals surface area contributed by atoms with Crippen LogP contribution >= 0.6 is 0 Å². The number of hydrogen-bond acceptors (Lipinski definition) is 5. The van der Waals surface area contributed by atoms with E-state index < -0.39 is 17.4 Å². The predicted octanol–water partition coefficient (Wildman–Crippen LogP) is 4.92. The number of fused-ring (bicyclic) bond motifs is 9. The van der Waals surface area contributed by atoms with Crippen LogP contribution in [-0.4, -0.2) is 27.4 Å². The second-order valence-electron chi connectivity index (χ2n) is 11.8. The second-order valence-corrected chi connectivity index (χ2v) is 11.8. The first-order valence-corrected chi connectivity index (χ1v) is 14.2. The van der Waals surface area contributed by atoms with Crippen LogP contribution in [-0.2, 0) is 15.1 Å². The van der Waals surface area contributed by atoms with Gasteiger partial charge in [0.15, 0.2) is 0 Å². The van der Waals surface area contributed by atoms with Gasteiger partial charge in [-0.15, -0.1) is 0 Å². The molecule has 0 bridgehead atoms. The van der Waals surface area contributed by atoms with Crippen LogP contribution in [0.15, 0.2) is 95.8 Å². The Hall–Kier alpha value is -4.62. The lowest BCUT2D eigenvalue weighted by atomic mass is 9.75. The molecule has 0 saturated carbocycles. The first kappa shape index (κ1) is 24.2. The molecule has 1 N–H and O–H groups in total. The molecule has 4 atom stereocenters. The van der Waals surface area contributed by atoms with E-state index in [0.717, 1.165) is 16.3 Å². The van der Waals surface area contributed by atoms with Crippen molar-refractivity contribution in [2.75, 3.05) is 4.90 Å². The average Bonchev–Trinajstić information content (AvgIpc) is 3.55. The number of rotatable bonds is 3. The van der Waals surface area contributed by atoms with E-state index in [9.17, 15) is 14.4 Å². The standard InChI is InChI=1S/C34H28N4O3/c1-19(2)18-25-28-29(32(41)37(31(28)40)26-17-9-11-20-10-3-4-12-21(20)26)34(36-25)23-14-6-8-16-27(23)38-30(39)22-13-5-7-15-24(22)35-33(34)38/h3-17,19,25,28-29,36H,18H2,1-2H3/t25-,28-,29-,34+/m0/s1. The SMILES string of the molecule is CC(C)C[C@@H]1N[C@]2(c3ccccc3-n3c2nc2ccccc2c3=O)[C@@H]2C(=O)N(c3cccc4ccccc34)C(=O)[C@@H]12. The third kappa shape index (κ3) is 3.07. The van der Waals surface area contributed by atoms with Crippen molar-refractivity contribution < 1.29 is 9.59 Å². The molecule has 1 aromatic heterocycles. The summed E-state index contributed by atoms with van der Waals surface area (Å²) >= 11 is 0. The summed E-state index contributed by atoms with van der Waals surface area (Å²) in [4.78, 5) is 49.7. The third-order valence-electron chi connectivity index (χ3n) is 9.10. The maximum atomic E-state index is 14.8. The van der Waals surface area contributed by atoms with E-state index in [4.69, 9.17) is 4.98 Å². The summed E-state index contributed by atoms with van der Waals surface area (Å²) in [5.74, 6) is -1.08. The molecular formula is C34H28N4O3. The Kier molecular flexibility index (Phi) is 4.98. The summed E-state index contributed by atoms with van der Waals surface area (Å²) < 4.78 is 1.65. The van der Waals surface area contributed by atoms with Gasteiger partial charge in [0.25, 0.3) is 5.56 Å². The molecule has 0 radical (unpaired) electrons. The van der Waals surface area contributed by atoms with Crippen molar-refractivity contribution in [3.05, 3.63) is 113 Å². The summed E-state index contributed by atoms with van der Waals surface area (Å²) in [5, 5.41) is 6.12. The van der Waals surface area contributed by atoms with E-state index in [1.165, 1.54) is 4.90 Å². The van der Waals surface area contributed by atoms with Crippen molar-refractivity contribution in [1.82, 2.24) is 14.9 Å². The van der Waals surface area contributed by atoms with Gasteiger partial charge in [-0.1, -0.05) is 80.6 Å². The zero-order valence-electron chi connectivity index (χ0n) is 22.7. The predicted molar refractivity (Wildman–Crippen MR) is 158 cm³/mol. The molecule has 0 unspecified atom stereocenters. The minimum absolute atomic E-state index is 0.178. The van der Waals surface area contributed by atoms with E-state index >= 15 is 0 Å². The number of aromatic nitrogens is 2. The number of anilines is 1. The van der Waals surface area contributed by atoms with Crippen LogP contribution in [0.2, 0.25) is 0 Å². The lowest BCUT2D eigenvalue weighted by Gasteiger charge is -2.32. The van der Waals surface area contributed by atoms with E-state index in [-0.39, 0.29) is 29.3 Å². The molecule has 2 amide bonds. The lowest BCUT2D eigenvalue weighted by Crippen LogP contribution is -2.50. The minimum Gasteiger partial charge on any atom is -0.297 e. The number of carbonyl (C=O) groups is 2. The molecule has 7 nitrogen and oxygen atoms in total. The van der Waals surface area contributed by atoms with Crippen LogP contribution in [0.5, 0.6) is 0 Å². The number of nitrogens with one attached hydrogen (secondary N) is 1. The normalized spacial score (nSPS) is 24.6. The number of nitrogens with zero attached hydrogens (tertiary/aromatic N) is 3. The Bertz CT molecular complexity index is 1990. The van der Waals surface area contributed by atoms with Crippen LogP contribution in [0.1, 0.15) is 31.7 Å².